The highest BCUT2D eigenvalue weighted by molar-refractivity contribution is 7.74. The van der Waals surface area contributed by atoms with Crippen molar-refractivity contribution in [3.63, 3.8) is 0 Å². The number of thiol groups is 1. The van der Waals surface area contributed by atoms with Crippen molar-refractivity contribution >= 4 is 18.7 Å². The molecule has 2 unspecified atom stereocenters. The number of Topliss-reactive ketones (excluding diaryl/α,β-unsaturated/α-hetero) is 1. The fourth-order valence-electron chi connectivity index (χ4n) is 5.21. The van der Waals surface area contributed by atoms with Crippen LogP contribution < -0.4 is 0 Å². The SMILES string of the molecule is CC(C)(C)c1ccc(Cc2ccccc2)cc1.CC1(C)C2CCC1(COOOS)C(=O)C2. The molecule has 0 amide bonds. The van der Waals surface area contributed by atoms with E-state index >= 15 is 0 Å². The van der Waals surface area contributed by atoms with E-state index in [-0.39, 0.29) is 22.9 Å². The van der Waals surface area contributed by atoms with Crippen LogP contribution in [0.5, 0.6) is 0 Å². The summed E-state index contributed by atoms with van der Waals surface area (Å²) in [6, 6.07) is 19.6. The molecule has 2 fully saturated rings. The van der Waals surface area contributed by atoms with Crippen LogP contribution in [0.3, 0.4) is 0 Å². The van der Waals surface area contributed by atoms with Crippen LogP contribution in [-0.4, -0.2) is 12.4 Å². The molecule has 0 N–H and O–H groups in total. The average Bonchev–Trinajstić information content (AvgIpc) is 3.10. The Kier molecular flexibility index (Phi) is 7.87. The number of benzene rings is 2. The molecule has 0 heterocycles. The summed E-state index contributed by atoms with van der Waals surface area (Å²) in [6.45, 7) is 11.3. The molecule has 174 valence electrons. The number of hydrogen-bond donors (Lipinski definition) is 1. The molecule has 0 saturated heterocycles. The Morgan fingerprint density at radius 1 is 1.00 bits per heavy atom. The van der Waals surface area contributed by atoms with E-state index in [4.69, 9.17) is 4.89 Å². The van der Waals surface area contributed by atoms with Crippen LogP contribution in [0.25, 0.3) is 0 Å². The van der Waals surface area contributed by atoms with Crippen molar-refractivity contribution in [1.29, 1.82) is 0 Å². The van der Waals surface area contributed by atoms with Crippen molar-refractivity contribution in [3.05, 3.63) is 71.3 Å². The molecule has 2 aliphatic carbocycles. The van der Waals surface area contributed by atoms with Gasteiger partial charge in [-0.2, -0.15) is 0 Å². The molecular formula is C27H36O4S. The maximum Gasteiger partial charge on any atom is 0.142 e. The second kappa shape index (κ2) is 10.1. The Hall–Kier alpha value is -1.66. The van der Waals surface area contributed by atoms with Crippen LogP contribution in [0, 0.1) is 16.7 Å². The molecule has 2 saturated carbocycles. The van der Waals surface area contributed by atoms with Gasteiger partial charge in [-0.15, -0.1) is 4.33 Å². The zero-order valence-electron chi connectivity index (χ0n) is 19.9. The van der Waals surface area contributed by atoms with Gasteiger partial charge < -0.3 is 0 Å². The van der Waals surface area contributed by atoms with Gasteiger partial charge in [-0.3, -0.25) is 4.79 Å². The molecule has 4 rings (SSSR count). The lowest BCUT2D eigenvalue weighted by molar-refractivity contribution is -0.466. The zero-order chi connectivity index (χ0) is 23.4. The van der Waals surface area contributed by atoms with Gasteiger partial charge in [0.05, 0.1) is 12.0 Å². The molecule has 5 heteroatoms. The van der Waals surface area contributed by atoms with Crippen molar-refractivity contribution in [3.8, 4) is 0 Å². The normalized spacial score (nSPS) is 23.7. The predicted molar refractivity (Wildman–Crippen MR) is 130 cm³/mol. The lowest BCUT2D eigenvalue weighted by Gasteiger charge is -2.35. The van der Waals surface area contributed by atoms with Crippen LogP contribution in [0.2, 0.25) is 0 Å². The molecule has 2 atom stereocenters. The summed E-state index contributed by atoms with van der Waals surface area (Å²) in [5.41, 5.74) is 4.01. The van der Waals surface area contributed by atoms with Crippen LogP contribution in [0.15, 0.2) is 54.6 Å². The van der Waals surface area contributed by atoms with E-state index in [0.717, 1.165) is 19.3 Å². The summed E-state index contributed by atoms with van der Waals surface area (Å²) in [6.07, 6.45) is 3.69. The van der Waals surface area contributed by atoms with Gasteiger partial charge in [0.25, 0.3) is 0 Å². The first-order valence-electron chi connectivity index (χ1n) is 11.4. The quantitative estimate of drug-likeness (QED) is 0.173. The molecule has 2 aliphatic rings. The highest BCUT2D eigenvalue weighted by Gasteiger charge is 2.64. The standard InChI is InChI=1S/C17H20.C10H16O4S/c1-17(2,3)16-11-9-15(10-12-16)13-14-7-5-4-6-8-14;1-9(2)7-3-4-10(9,8(11)5-7)6-12-13-14-15/h4-12H,13H2,1-3H3;7,15H,3-6H2,1-2H3. The second-order valence-electron chi connectivity index (χ2n) is 10.7. The lowest BCUT2D eigenvalue weighted by Crippen LogP contribution is -2.40. The van der Waals surface area contributed by atoms with E-state index in [2.05, 4.69) is 111 Å². The topological polar surface area (TPSA) is 44.8 Å². The van der Waals surface area contributed by atoms with Crippen molar-refractivity contribution in [2.75, 3.05) is 6.61 Å². The molecule has 0 aromatic heterocycles. The summed E-state index contributed by atoms with van der Waals surface area (Å²) in [7, 11) is 0. The Labute approximate surface area is 198 Å². The van der Waals surface area contributed by atoms with E-state index in [0.29, 0.717) is 18.1 Å². The Balaban J connectivity index is 0.000000182. The number of ketones is 1. The number of fused-ring (bicyclic) bond motifs is 2. The minimum atomic E-state index is -0.385. The highest BCUT2D eigenvalue weighted by atomic mass is 32.1. The first-order valence-corrected chi connectivity index (χ1v) is 11.7. The monoisotopic (exact) mass is 456 g/mol. The van der Waals surface area contributed by atoms with Crippen molar-refractivity contribution in [2.45, 2.75) is 65.7 Å². The van der Waals surface area contributed by atoms with Crippen molar-refractivity contribution < 1.29 is 19.1 Å². The zero-order valence-corrected chi connectivity index (χ0v) is 20.8. The Morgan fingerprint density at radius 2 is 1.62 bits per heavy atom. The van der Waals surface area contributed by atoms with Crippen LogP contribution in [-0.2, 0) is 30.9 Å². The predicted octanol–water partition coefficient (Wildman–Crippen LogP) is 6.68. The van der Waals surface area contributed by atoms with Crippen molar-refractivity contribution in [1.82, 2.24) is 0 Å². The highest BCUT2D eigenvalue weighted by Crippen LogP contribution is 2.63. The van der Waals surface area contributed by atoms with Gasteiger partial charge in [-0.25, -0.2) is 4.89 Å². The van der Waals surface area contributed by atoms with Crippen LogP contribution in [0.1, 0.15) is 70.6 Å². The molecule has 2 bridgehead atoms. The van der Waals surface area contributed by atoms with Gasteiger partial charge in [0.2, 0.25) is 0 Å². The Morgan fingerprint density at radius 3 is 2.12 bits per heavy atom. The smallest absolute Gasteiger partial charge is 0.142 e. The van der Waals surface area contributed by atoms with Gasteiger partial charge in [0.15, 0.2) is 0 Å². The number of carbonyl (C=O) groups excluding carboxylic acids is 1. The summed E-state index contributed by atoms with van der Waals surface area (Å²) in [5, 5.41) is 4.29. The first kappa shape index (κ1) is 25.0. The summed E-state index contributed by atoms with van der Waals surface area (Å²) < 4.78 is 4.07. The van der Waals surface area contributed by atoms with Gasteiger partial charge in [-0.1, -0.05) is 94.3 Å². The largest absolute Gasteiger partial charge is 0.299 e. The van der Waals surface area contributed by atoms with E-state index < -0.39 is 0 Å². The van der Waals surface area contributed by atoms with Gasteiger partial charge in [0.1, 0.15) is 5.78 Å². The van der Waals surface area contributed by atoms with Crippen molar-refractivity contribution in [2.24, 2.45) is 16.7 Å². The molecule has 0 aliphatic heterocycles. The third-order valence-electron chi connectivity index (χ3n) is 7.59. The van der Waals surface area contributed by atoms with Gasteiger partial charge in [0, 0.05) is 19.3 Å². The van der Waals surface area contributed by atoms with E-state index in [1.54, 1.807) is 0 Å². The maximum atomic E-state index is 12.0. The van der Waals surface area contributed by atoms with E-state index in [9.17, 15) is 4.79 Å². The molecule has 32 heavy (non-hydrogen) atoms. The Bertz CT molecular complexity index is 886. The van der Waals surface area contributed by atoms with Gasteiger partial charge in [-0.05, 0) is 52.7 Å². The van der Waals surface area contributed by atoms with E-state index in [1.165, 1.54) is 16.7 Å². The third kappa shape index (κ3) is 5.28. The summed E-state index contributed by atoms with van der Waals surface area (Å²) in [5.74, 6) is 0.789. The molecule has 0 spiro atoms. The van der Waals surface area contributed by atoms with Crippen LogP contribution >= 0.6 is 12.9 Å². The summed E-state index contributed by atoms with van der Waals surface area (Å²) in [4.78, 5) is 16.8. The van der Waals surface area contributed by atoms with Crippen LogP contribution in [0.4, 0.5) is 0 Å². The maximum absolute atomic E-state index is 12.0. The molecular weight excluding hydrogens is 420 g/mol. The molecule has 0 radical (unpaired) electrons. The van der Waals surface area contributed by atoms with E-state index in [1.807, 2.05) is 0 Å². The first-order chi connectivity index (χ1) is 15.1. The number of hydrogen-bond acceptors (Lipinski definition) is 5. The average molecular weight is 457 g/mol. The minimum Gasteiger partial charge on any atom is -0.299 e. The van der Waals surface area contributed by atoms with Gasteiger partial charge >= 0.3 is 0 Å². The summed E-state index contributed by atoms with van der Waals surface area (Å²) >= 11 is 3.40. The number of rotatable bonds is 6. The molecule has 2 aromatic rings. The second-order valence-corrected chi connectivity index (χ2v) is 10.8. The molecule has 2 aromatic carbocycles. The number of carbonyl (C=O) groups is 1. The fourth-order valence-corrected chi connectivity index (χ4v) is 5.25. The fraction of sp³-hybridized carbons (Fsp3) is 0.519. The lowest BCUT2D eigenvalue weighted by atomic mass is 9.69. The molecule has 4 nitrogen and oxygen atoms in total. The third-order valence-corrected chi connectivity index (χ3v) is 7.65. The minimum absolute atomic E-state index is 0.00401.